The number of allylic oxidation sites excluding steroid dienone is 2. The van der Waals surface area contributed by atoms with E-state index < -0.39 is 45.1 Å². The van der Waals surface area contributed by atoms with E-state index in [1.165, 1.54) is 31.4 Å². The van der Waals surface area contributed by atoms with E-state index in [-0.39, 0.29) is 0 Å². The third-order valence-corrected chi connectivity index (χ3v) is 5.37. The molecule has 0 saturated carbocycles. The molecular weight excluding hydrogens is 363 g/mol. The molecule has 1 aromatic carbocycles. The molecule has 0 heterocycles. The maximum atomic E-state index is 15.0. The van der Waals surface area contributed by atoms with Gasteiger partial charge >= 0.3 is 5.97 Å². The van der Waals surface area contributed by atoms with Crippen LogP contribution in [0.5, 0.6) is 5.75 Å². The Labute approximate surface area is 141 Å². The molecule has 1 aliphatic carbocycles. The van der Waals surface area contributed by atoms with Gasteiger partial charge in [-0.15, -0.1) is 0 Å². The fourth-order valence-corrected chi connectivity index (χ4v) is 3.64. The fourth-order valence-electron chi connectivity index (χ4n) is 2.23. The van der Waals surface area contributed by atoms with Crippen LogP contribution in [0.4, 0.5) is 13.2 Å². The lowest BCUT2D eigenvalue weighted by molar-refractivity contribution is -0.142. The number of halogens is 3. The largest absolute Gasteiger partial charge is 0.497 e. The Morgan fingerprint density at radius 2 is 1.92 bits per heavy atom. The molecule has 2 rings (SSSR count). The standard InChI is InChI=1S/C15H14F3NO5S/c1-24-10-4-2-9(3-5-10)8-19-25(22,23)15(18)11(14(20)21)6-7-12(16)13(15)17/h2-7,11,19H,8H2,1H3,(H,20,21). The molecule has 10 heteroatoms. The van der Waals surface area contributed by atoms with Crippen LogP contribution in [0.3, 0.4) is 0 Å². The summed E-state index contributed by atoms with van der Waals surface area (Å²) in [5, 5.41) is 4.88. The molecule has 2 atom stereocenters. The van der Waals surface area contributed by atoms with E-state index in [0.717, 1.165) is 0 Å². The predicted octanol–water partition coefficient (Wildman–Crippen LogP) is 2.20. The van der Waals surface area contributed by atoms with Gasteiger partial charge in [0.2, 0.25) is 0 Å². The van der Waals surface area contributed by atoms with Gasteiger partial charge in [0, 0.05) is 6.54 Å². The second-order valence-electron chi connectivity index (χ2n) is 5.15. The zero-order valence-corrected chi connectivity index (χ0v) is 13.7. The van der Waals surface area contributed by atoms with E-state index in [2.05, 4.69) is 0 Å². The number of methoxy groups -OCH3 is 1. The number of carboxylic acids is 1. The maximum absolute atomic E-state index is 15.0. The molecule has 2 unspecified atom stereocenters. The average Bonchev–Trinajstić information content (AvgIpc) is 2.58. The minimum Gasteiger partial charge on any atom is -0.497 e. The van der Waals surface area contributed by atoms with Crippen molar-refractivity contribution in [2.75, 3.05) is 7.11 Å². The third-order valence-electron chi connectivity index (χ3n) is 3.63. The van der Waals surface area contributed by atoms with Gasteiger partial charge in [-0.05, 0) is 23.8 Å². The molecule has 136 valence electrons. The van der Waals surface area contributed by atoms with Crippen LogP contribution in [0.1, 0.15) is 5.56 Å². The van der Waals surface area contributed by atoms with E-state index in [1.807, 2.05) is 0 Å². The number of carbonyl (C=O) groups is 1. The van der Waals surface area contributed by atoms with Crippen LogP contribution in [0.2, 0.25) is 0 Å². The van der Waals surface area contributed by atoms with Crippen molar-refractivity contribution >= 4 is 16.0 Å². The molecular formula is C15H14F3NO5S. The quantitative estimate of drug-likeness (QED) is 0.793. The fraction of sp³-hybridized carbons (Fsp3) is 0.267. The van der Waals surface area contributed by atoms with E-state index >= 15 is 0 Å². The van der Waals surface area contributed by atoms with Crippen LogP contribution < -0.4 is 9.46 Å². The molecule has 0 aliphatic heterocycles. The molecule has 0 amide bonds. The first kappa shape index (κ1) is 19.0. The van der Waals surface area contributed by atoms with Crippen molar-refractivity contribution < 1.29 is 36.2 Å². The highest BCUT2D eigenvalue weighted by molar-refractivity contribution is 7.91. The van der Waals surface area contributed by atoms with Gasteiger partial charge in [-0.1, -0.05) is 18.2 Å². The van der Waals surface area contributed by atoms with Gasteiger partial charge < -0.3 is 9.84 Å². The number of ether oxygens (including phenoxy) is 1. The normalized spacial score (nSPS) is 23.6. The summed E-state index contributed by atoms with van der Waals surface area (Å²) in [4.78, 5) is 11.1. The predicted molar refractivity (Wildman–Crippen MR) is 82.1 cm³/mol. The van der Waals surface area contributed by atoms with E-state index in [1.54, 1.807) is 4.72 Å². The Morgan fingerprint density at radius 3 is 2.44 bits per heavy atom. The molecule has 0 aromatic heterocycles. The first-order chi connectivity index (χ1) is 11.6. The molecule has 0 radical (unpaired) electrons. The van der Waals surface area contributed by atoms with Crippen molar-refractivity contribution in [1.82, 2.24) is 4.72 Å². The summed E-state index contributed by atoms with van der Waals surface area (Å²) in [7, 11) is -3.80. The number of alkyl halides is 1. The molecule has 2 N–H and O–H groups in total. The lowest BCUT2D eigenvalue weighted by Gasteiger charge is -2.30. The first-order valence-electron chi connectivity index (χ1n) is 6.91. The number of nitrogens with one attached hydrogen (secondary N) is 1. The van der Waals surface area contributed by atoms with Crippen molar-refractivity contribution in [2.24, 2.45) is 5.92 Å². The Hall–Kier alpha value is -2.33. The number of carboxylic acid groups (broad SMARTS) is 1. The monoisotopic (exact) mass is 377 g/mol. The van der Waals surface area contributed by atoms with E-state index in [4.69, 9.17) is 9.84 Å². The number of hydrogen-bond acceptors (Lipinski definition) is 4. The summed E-state index contributed by atoms with van der Waals surface area (Å²) in [6.45, 7) is -0.455. The van der Waals surface area contributed by atoms with Gasteiger partial charge in [0.25, 0.3) is 15.0 Å². The van der Waals surface area contributed by atoms with Crippen LogP contribution in [-0.2, 0) is 21.4 Å². The van der Waals surface area contributed by atoms with Crippen LogP contribution >= 0.6 is 0 Å². The number of benzene rings is 1. The second-order valence-corrected chi connectivity index (χ2v) is 7.04. The Bertz CT molecular complexity index is 835. The molecule has 0 fully saturated rings. The van der Waals surface area contributed by atoms with Gasteiger partial charge in [-0.2, -0.15) is 0 Å². The average molecular weight is 377 g/mol. The third kappa shape index (κ3) is 3.40. The number of sulfonamides is 1. The minimum atomic E-state index is -5.23. The van der Waals surface area contributed by atoms with Crippen LogP contribution in [0, 0.1) is 5.92 Å². The molecule has 0 spiro atoms. The first-order valence-corrected chi connectivity index (χ1v) is 8.39. The van der Waals surface area contributed by atoms with Gasteiger partial charge in [0.15, 0.2) is 11.7 Å². The van der Waals surface area contributed by atoms with Gasteiger partial charge in [-0.3, -0.25) is 4.79 Å². The topological polar surface area (TPSA) is 92.7 Å². The summed E-state index contributed by atoms with van der Waals surface area (Å²) >= 11 is 0. The zero-order valence-electron chi connectivity index (χ0n) is 12.9. The van der Waals surface area contributed by atoms with Crippen LogP contribution in [-0.4, -0.2) is 31.6 Å². The van der Waals surface area contributed by atoms with E-state index in [9.17, 15) is 26.4 Å². The highest BCUT2D eigenvalue weighted by atomic mass is 32.2. The van der Waals surface area contributed by atoms with Gasteiger partial charge in [-0.25, -0.2) is 26.3 Å². The Morgan fingerprint density at radius 1 is 1.32 bits per heavy atom. The van der Waals surface area contributed by atoms with Crippen molar-refractivity contribution in [2.45, 2.75) is 11.5 Å². The lowest BCUT2D eigenvalue weighted by Crippen LogP contribution is -2.51. The SMILES string of the molecule is COc1ccc(CNS(=O)(=O)C2(F)C(F)=C(F)C=CC2C(=O)O)cc1. The van der Waals surface area contributed by atoms with Crippen molar-refractivity contribution in [1.29, 1.82) is 0 Å². The van der Waals surface area contributed by atoms with Crippen molar-refractivity contribution in [3.05, 3.63) is 53.6 Å². The summed E-state index contributed by atoms with van der Waals surface area (Å²) in [6, 6.07) is 5.96. The highest BCUT2D eigenvalue weighted by Crippen LogP contribution is 2.43. The molecule has 1 aromatic rings. The lowest BCUT2D eigenvalue weighted by atomic mass is 9.97. The zero-order chi connectivity index (χ0) is 18.8. The summed E-state index contributed by atoms with van der Waals surface area (Å²) in [5.74, 6) is -7.97. The summed E-state index contributed by atoms with van der Waals surface area (Å²) in [5.41, 5.74) is 0.371. The number of aliphatic carboxylic acids is 1. The molecule has 6 nitrogen and oxygen atoms in total. The summed E-state index contributed by atoms with van der Waals surface area (Å²) < 4.78 is 73.4. The maximum Gasteiger partial charge on any atom is 0.315 e. The Kier molecular flexibility index (Phi) is 5.23. The van der Waals surface area contributed by atoms with Crippen molar-refractivity contribution in [3.63, 3.8) is 0 Å². The van der Waals surface area contributed by atoms with Gasteiger partial charge in [0.1, 0.15) is 11.7 Å². The molecule has 25 heavy (non-hydrogen) atoms. The second kappa shape index (κ2) is 6.89. The van der Waals surface area contributed by atoms with Crippen LogP contribution in [0.15, 0.2) is 48.1 Å². The number of rotatable bonds is 6. The molecule has 0 bridgehead atoms. The molecule has 1 aliphatic rings. The minimum absolute atomic E-state index is 0.371. The van der Waals surface area contributed by atoms with Gasteiger partial charge in [0.05, 0.1) is 7.11 Å². The summed E-state index contributed by atoms with van der Waals surface area (Å²) in [6.07, 6.45) is 0.832. The molecule has 0 saturated heterocycles. The van der Waals surface area contributed by atoms with E-state index in [0.29, 0.717) is 23.5 Å². The highest BCUT2D eigenvalue weighted by Gasteiger charge is 2.60. The van der Waals surface area contributed by atoms with Crippen LogP contribution in [0.25, 0.3) is 0 Å². The number of hydrogen-bond donors (Lipinski definition) is 2. The smallest absolute Gasteiger partial charge is 0.315 e. The van der Waals surface area contributed by atoms with Crippen molar-refractivity contribution in [3.8, 4) is 5.75 Å². The Balaban J connectivity index is 2.31.